The van der Waals surface area contributed by atoms with Gasteiger partial charge in [0.2, 0.25) is 0 Å². The van der Waals surface area contributed by atoms with Crippen LogP contribution in [0.15, 0.2) is 12.3 Å². The molecule has 0 spiro atoms. The van der Waals surface area contributed by atoms with Crippen molar-refractivity contribution in [3.05, 3.63) is 18.0 Å². The summed E-state index contributed by atoms with van der Waals surface area (Å²) in [7, 11) is 0. The van der Waals surface area contributed by atoms with E-state index in [0.717, 1.165) is 13.1 Å². The lowest BCUT2D eigenvalue weighted by Gasteiger charge is -2.40. The van der Waals surface area contributed by atoms with E-state index in [9.17, 15) is 4.79 Å². The van der Waals surface area contributed by atoms with Gasteiger partial charge in [0, 0.05) is 38.4 Å². The highest BCUT2D eigenvalue weighted by Gasteiger charge is 2.33. The molecular weight excluding hydrogens is 256 g/mol. The monoisotopic (exact) mass is 280 g/mol. The predicted octanol–water partition coefficient (Wildman–Crippen LogP) is 1.61. The van der Waals surface area contributed by atoms with Gasteiger partial charge in [0.05, 0.1) is 5.69 Å². The molecule has 1 N–H and O–H groups in total. The molecule has 2 rings (SSSR count). The Kier molecular flexibility index (Phi) is 4.32. The number of hydrogen-bond donors (Lipinski definition) is 1. The van der Waals surface area contributed by atoms with Crippen molar-refractivity contribution in [1.82, 2.24) is 20.0 Å². The average molecular weight is 280 g/mol. The van der Waals surface area contributed by atoms with Crippen LogP contribution in [-0.4, -0.2) is 45.5 Å². The summed E-state index contributed by atoms with van der Waals surface area (Å²) < 4.78 is 7.29. The van der Waals surface area contributed by atoms with Gasteiger partial charge in [0.1, 0.15) is 5.60 Å². The quantitative estimate of drug-likeness (QED) is 0.910. The van der Waals surface area contributed by atoms with Crippen molar-refractivity contribution in [2.45, 2.75) is 52.4 Å². The highest BCUT2D eigenvalue weighted by Crippen LogP contribution is 2.15. The summed E-state index contributed by atoms with van der Waals surface area (Å²) in [5.41, 5.74) is 0.742. The molecule has 6 heteroatoms. The molecule has 0 radical (unpaired) electrons. The zero-order valence-electron chi connectivity index (χ0n) is 12.7. The molecule has 6 nitrogen and oxygen atoms in total. The van der Waals surface area contributed by atoms with Crippen LogP contribution in [0.4, 0.5) is 4.79 Å². The van der Waals surface area contributed by atoms with Gasteiger partial charge in [-0.2, -0.15) is 5.10 Å². The number of rotatable bonds is 4. The molecule has 1 fully saturated rings. The van der Waals surface area contributed by atoms with Gasteiger partial charge in [-0.25, -0.2) is 4.79 Å². The third kappa shape index (κ3) is 3.72. The van der Waals surface area contributed by atoms with E-state index in [1.54, 1.807) is 4.90 Å². The molecule has 112 valence electrons. The topological polar surface area (TPSA) is 59.4 Å². The molecule has 1 aromatic heterocycles. The van der Waals surface area contributed by atoms with Crippen molar-refractivity contribution in [1.29, 1.82) is 0 Å². The summed E-state index contributed by atoms with van der Waals surface area (Å²) in [6.07, 6.45) is 1.59. The van der Waals surface area contributed by atoms with Crippen molar-refractivity contribution < 1.29 is 9.53 Å². The number of aryl methyl sites for hydroxylation is 1. The first-order valence-electron chi connectivity index (χ1n) is 7.11. The molecule has 0 bridgehead atoms. The summed E-state index contributed by atoms with van der Waals surface area (Å²) in [5.74, 6) is 0. The zero-order chi connectivity index (χ0) is 14.8. The lowest BCUT2D eigenvalue weighted by atomic mass is 10.1. The van der Waals surface area contributed by atoms with Crippen molar-refractivity contribution in [2.75, 3.05) is 13.1 Å². The van der Waals surface area contributed by atoms with Crippen LogP contribution in [0.2, 0.25) is 0 Å². The van der Waals surface area contributed by atoms with E-state index in [0.29, 0.717) is 19.1 Å². The zero-order valence-corrected chi connectivity index (χ0v) is 12.7. The number of nitrogens with one attached hydrogen (secondary N) is 1. The third-order valence-corrected chi connectivity index (χ3v) is 3.21. The first kappa shape index (κ1) is 14.8. The molecule has 0 unspecified atom stereocenters. The molecular formula is C14H24N4O2. The summed E-state index contributed by atoms with van der Waals surface area (Å²) in [6.45, 7) is 10.8. The van der Waals surface area contributed by atoms with Crippen molar-refractivity contribution in [3.63, 3.8) is 0 Å². The summed E-state index contributed by atoms with van der Waals surface area (Å²) in [4.78, 5) is 13.5. The van der Waals surface area contributed by atoms with E-state index >= 15 is 0 Å². The standard InChI is InChI=1S/C14H24N4O2/c1-5-18-12(6-7-16-18)8-15-11-9-17(10-11)13(19)20-14(2,3)4/h6-7,11,15H,5,8-10H2,1-4H3. The van der Waals surface area contributed by atoms with Crippen LogP contribution >= 0.6 is 0 Å². The fourth-order valence-corrected chi connectivity index (χ4v) is 2.13. The fraction of sp³-hybridized carbons (Fsp3) is 0.714. The molecule has 0 aliphatic carbocycles. The van der Waals surface area contributed by atoms with E-state index in [4.69, 9.17) is 4.74 Å². The van der Waals surface area contributed by atoms with Crippen LogP contribution in [-0.2, 0) is 17.8 Å². The SMILES string of the molecule is CCn1nccc1CNC1CN(C(=O)OC(C)(C)C)C1. The number of carbonyl (C=O) groups excluding carboxylic acids is 1. The molecule has 2 heterocycles. The summed E-state index contributed by atoms with van der Waals surface area (Å²) in [5, 5.41) is 7.67. The number of carbonyl (C=O) groups is 1. The first-order chi connectivity index (χ1) is 9.39. The minimum Gasteiger partial charge on any atom is -0.444 e. The van der Waals surface area contributed by atoms with Gasteiger partial charge in [-0.05, 0) is 33.8 Å². The van der Waals surface area contributed by atoms with E-state index < -0.39 is 5.60 Å². The van der Waals surface area contributed by atoms with Crippen LogP contribution < -0.4 is 5.32 Å². The second-order valence-electron chi connectivity index (χ2n) is 6.10. The van der Waals surface area contributed by atoms with Crippen LogP contribution in [0.25, 0.3) is 0 Å². The van der Waals surface area contributed by atoms with Gasteiger partial charge in [-0.3, -0.25) is 4.68 Å². The van der Waals surface area contributed by atoms with Crippen molar-refractivity contribution in [3.8, 4) is 0 Å². The normalized spacial score (nSPS) is 16.1. The molecule has 0 saturated carbocycles. The van der Waals surface area contributed by atoms with Gasteiger partial charge >= 0.3 is 6.09 Å². The maximum atomic E-state index is 11.8. The Morgan fingerprint density at radius 2 is 2.20 bits per heavy atom. The van der Waals surface area contributed by atoms with Gasteiger partial charge in [-0.15, -0.1) is 0 Å². The molecule has 1 aliphatic rings. The van der Waals surface area contributed by atoms with Crippen LogP contribution in [0.5, 0.6) is 0 Å². The second-order valence-corrected chi connectivity index (χ2v) is 6.10. The van der Waals surface area contributed by atoms with E-state index in [1.165, 1.54) is 5.69 Å². The first-order valence-corrected chi connectivity index (χ1v) is 7.11. The number of aromatic nitrogens is 2. The highest BCUT2D eigenvalue weighted by atomic mass is 16.6. The molecule has 0 atom stereocenters. The Morgan fingerprint density at radius 1 is 1.50 bits per heavy atom. The Balaban J connectivity index is 1.71. The van der Waals surface area contributed by atoms with Crippen LogP contribution in [0, 0.1) is 0 Å². The summed E-state index contributed by atoms with van der Waals surface area (Å²) >= 11 is 0. The molecule has 1 aromatic rings. The molecule has 20 heavy (non-hydrogen) atoms. The number of ether oxygens (including phenoxy) is 1. The van der Waals surface area contributed by atoms with Crippen molar-refractivity contribution in [2.24, 2.45) is 0 Å². The molecule has 1 saturated heterocycles. The maximum Gasteiger partial charge on any atom is 0.410 e. The minimum atomic E-state index is -0.427. The maximum absolute atomic E-state index is 11.8. The Hall–Kier alpha value is -1.56. The number of hydrogen-bond acceptors (Lipinski definition) is 4. The third-order valence-electron chi connectivity index (χ3n) is 3.21. The molecule has 0 aromatic carbocycles. The Labute approximate surface area is 120 Å². The van der Waals surface area contributed by atoms with Gasteiger partial charge < -0.3 is 15.0 Å². The number of likely N-dealkylation sites (tertiary alicyclic amines) is 1. The largest absolute Gasteiger partial charge is 0.444 e. The van der Waals surface area contributed by atoms with Gasteiger partial charge in [-0.1, -0.05) is 0 Å². The van der Waals surface area contributed by atoms with Crippen LogP contribution in [0.1, 0.15) is 33.4 Å². The Bertz CT molecular complexity index is 458. The highest BCUT2D eigenvalue weighted by molar-refractivity contribution is 5.69. The van der Waals surface area contributed by atoms with Gasteiger partial charge in [0.15, 0.2) is 0 Å². The van der Waals surface area contributed by atoms with E-state index in [1.807, 2.05) is 37.7 Å². The minimum absolute atomic E-state index is 0.228. The fourth-order valence-electron chi connectivity index (χ4n) is 2.13. The number of nitrogens with zero attached hydrogens (tertiary/aromatic N) is 3. The summed E-state index contributed by atoms with van der Waals surface area (Å²) in [6, 6.07) is 2.35. The van der Waals surface area contributed by atoms with Gasteiger partial charge in [0.25, 0.3) is 0 Å². The van der Waals surface area contributed by atoms with Crippen molar-refractivity contribution >= 4 is 6.09 Å². The van der Waals surface area contributed by atoms with E-state index in [2.05, 4.69) is 17.3 Å². The van der Waals surface area contributed by atoms with E-state index in [-0.39, 0.29) is 6.09 Å². The predicted molar refractivity (Wildman–Crippen MR) is 76.3 cm³/mol. The van der Waals surface area contributed by atoms with Crippen LogP contribution in [0.3, 0.4) is 0 Å². The lowest BCUT2D eigenvalue weighted by Crippen LogP contribution is -2.60. The molecule has 1 aliphatic heterocycles. The number of amides is 1. The Morgan fingerprint density at radius 3 is 2.80 bits per heavy atom. The average Bonchev–Trinajstić information content (AvgIpc) is 2.71. The molecule has 1 amide bonds. The second kappa shape index (κ2) is 5.83. The smallest absolute Gasteiger partial charge is 0.410 e. The lowest BCUT2D eigenvalue weighted by molar-refractivity contribution is 0.00513.